The van der Waals surface area contributed by atoms with Crippen molar-refractivity contribution in [2.24, 2.45) is 0 Å². The first-order valence-electron chi connectivity index (χ1n) is 45.0. The van der Waals surface area contributed by atoms with Gasteiger partial charge in [-0.05, 0) is 309 Å². The molecule has 12 aromatic rings. The van der Waals surface area contributed by atoms with E-state index in [-0.39, 0.29) is 88.9 Å². The van der Waals surface area contributed by atoms with E-state index in [4.69, 9.17) is 52.6 Å². The minimum absolute atomic E-state index is 0. The molecule has 12 aromatic carbocycles. The van der Waals surface area contributed by atoms with E-state index in [1.807, 2.05) is 184 Å². The molecule has 12 rings (SSSR count). The van der Waals surface area contributed by atoms with E-state index in [1.54, 1.807) is 170 Å². The van der Waals surface area contributed by atoms with E-state index in [0.717, 1.165) is 77.9 Å². The number of anilines is 6. The number of methoxy groups -OCH3 is 6. The molecule has 0 aliphatic rings. The number of ether oxygens (including phenoxy) is 10. The van der Waals surface area contributed by atoms with Gasteiger partial charge in [0.15, 0.2) is 80.6 Å². The van der Waals surface area contributed by atoms with Gasteiger partial charge in [-0.1, -0.05) is 165 Å². The summed E-state index contributed by atoms with van der Waals surface area (Å²) in [5.74, 6) is 5.39. The highest BCUT2D eigenvalue weighted by atomic mass is 32.2. The lowest BCUT2D eigenvalue weighted by molar-refractivity contribution is -0.115. The van der Waals surface area contributed by atoms with Crippen LogP contribution in [0.3, 0.4) is 0 Å². The zero-order chi connectivity index (χ0) is 104. The third-order valence-electron chi connectivity index (χ3n) is 20.2. The molecular weight excluding hydrogens is 1900 g/mol. The van der Waals surface area contributed by atoms with Crippen molar-refractivity contribution in [2.75, 3.05) is 101 Å². The lowest BCUT2D eigenvalue weighted by atomic mass is 9.96. The molecule has 148 heavy (non-hydrogen) atoms. The highest BCUT2D eigenvalue weighted by molar-refractivity contribution is 7.90. The fourth-order valence-corrected chi connectivity index (χ4v) is 15.0. The molecule has 0 aliphatic heterocycles. The zero-order valence-electron chi connectivity index (χ0n) is 82.6. The maximum absolute atomic E-state index is 12.3. The van der Waals surface area contributed by atoms with Crippen molar-refractivity contribution < 1.29 is 98.9 Å². The Morgan fingerprint density at radius 3 is 0.709 bits per heavy atom. The highest BCUT2D eigenvalue weighted by Gasteiger charge is 2.22. The maximum Gasteiger partial charge on any atom is 0.333 e. The number of amides is 7. The van der Waals surface area contributed by atoms with Crippen LogP contribution in [-0.2, 0) is 43.6 Å². The van der Waals surface area contributed by atoms with Gasteiger partial charge in [-0.15, -0.1) is 0 Å². The predicted molar refractivity (Wildman–Crippen MR) is 594 cm³/mol. The lowest BCUT2D eigenvalue weighted by Crippen LogP contribution is -2.34. The van der Waals surface area contributed by atoms with Crippen LogP contribution in [0.1, 0.15) is 169 Å². The Kier molecular flexibility index (Phi) is 53.4. The van der Waals surface area contributed by atoms with E-state index >= 15 is 0 Å². The number of allylic oxidation sites excluding steroid dienone is 5. The normalized spacial score (nSPS) is 10.7. The number of hydrogen-bond acceptors (Lipinski definition) is 22. The molecule has 0 atom stereocenters. The molecule has 0 aliphatic carbocycles. The molecule has 7 amide bonds. The van der Waals surface area contributed by atoms with Gasteiger partial charge in [0, 0.05) is 61.0 Å². The van der Waals surface area contributed by atoms with Crippen LogP contribution in [0, 0.1) is 11.3 Å². The van der Waals surface area contributed by atoms with Gasteiger partial charge in [0.1, 0.15) is 0 Å². The van der Waals surface area contributed by atoms with Crippen LogP contribution in [-0.4, -0.2) is 130 Å². The van der Waals surface area contributed by atoms with Gasteiger partial charge in [0.25, 0.3) is 10.0 Å². The van der Waals surface area contributed by atoms with Gasteiger partial charge in [-0.25, -0.2) is 22.7 Å². The lowest BCUT2D eigenvalue weighted by Gasteiger charge is -2.14. The summed E-state index contributed by atoms with van der Waals surface area (Å²) in [6, 6.07) is 81.2. The number of carbonyl (C=O) groups is 9. The highest BCUT2D eigenvalue weighted by Crippen LogP contribution is 2.40. The van der Waals surface area contributed by atoms with Crippen molar-refractivity contribution in [2.45, 2.75) is 118 Å². The van der Waals surface area contributed by atoms with Crippen LogP contribution in [0.25, 0.3) is 27.9 Å². The number of para-hydroxylation sites is 1. The summed E-state index contributed by atoms with van der Waals surface area (Å²) in [6.45, 7) is 19.9. The molecule has 0 unspecified atom stereocenters. The number of nitriles is 1. The molecule has 30 heteroatoms. The fourth-order valence-electron chi connectivity index (χ4n) is 14.0. The fraction of sp³-hybridized carbons (Fsp3) is 0.220. The number of ketones is 4. The van der Waals surface area contributed by atoms with Gasteiger partial charge >= 0.3 is 12.1 Å². The van der Waals surface area contributed by atoms with E-state index in [0.29, 0.717) is 124 Å². The summed E-state index contributed by atoms with van der Waals surface area (Å²) in [6.07, 6.45) is 7.76. The average molecular weight is 2030 g/mol. The Morgan fingerprint density at radius 2 is 0.473 bits per heavy atom. The molecular formula is C118H136N8O21S. The SMILES string of the molecule is C.C.C.C.C.CCOc1cc(/C(=C\C#N)c2ccc(NC(C)=O)cc2)ccc1OC.CCOc1cc(/C(=C\C(C)=O)c2ccc(NC(=O)Nc3ccccc3)cc2)ccc1OC.CCOc1cc(/C(=C\C(C)=O)c2ccc(NC(C)=O)cc2)ccc1OC.CCOc1cc(C(=CC(C)=O)c2ccc(NC(=O)NS(=O)(=O)c3ccccc3)cc2)ccc1OC.COc1ccc(/C(=C\C(C)=O)c2ccc(NC(C)=O)cc2)cc1OC. The quantitative estimate of drug-likeness (QED) is 0.0142. The molecule has 0 saturated heterocycles. The molecule has 7 N–H and O–H groups in total. The average Bonchev–Trinajstić information content (AvgIpc) is 0.829. The Morgan fingerprint density at radius 1 is 0.264 bits per heavy atom. The van der Waals surface area contributed by atoms with E-state index in [9.17, 15) is 51.6 Å². The van der Waals surface area contributed by atoms with Crippen LogP contribution in [0.15, 0.2) is 308 Å². The second-order valence-electron chi connectivity index (χ2n) is 30.9. The molecule has 0 heterocycles. The topological polar surface area (TPSA) is 388 Å². The minimum Gasteiger partial charge on any atom is -0.493 e. The van der Waals surface area contributed by atoms with Gasteiger partial charge in [0.05, 0.1) is 80.1 Å². The Hall–Kier alpha value is -17.6. The maximum atomic E-state index is 12.3. The summed E-state index contributed by atoms with van der Waals surface area (Å²) < 4.78 is 81.1. The predicted octanol–water partition coefficient (Wildman–Crippen LogP) is 25.3. The van der Waals surface area contributed by atoms with Crippen LogP contribution in [0.4, 0.5) is 43.7 Å². The summed E-state index contributed by atoms with van der Waals surface area (Å²) in [5, 5.41) is 25.4. The van der Waals surface area contributed by atoms with E-state index in [1.165, 1.54) is 72.8 Å². The molecule has 0 radical (unpaired) electrons. The summed E-state index contributed by atoms with van der Waals surface area (Å²) in [7, 11) is 5.46. The molecule has 0 spiro atoms. The van der Waals surface area contributed by atoms with Crippen molar-refractivity contribution in [3.8, 4) is 63.6 Å². The first kappa shape index (κ1) is 125. The number of benzene rings is 12. The number of sulfonamides is 1. The van der Waals surface area contributed by atoms with Crippen molar-refractivity contribution in [3.63, 3.8) is 0 Å². The van der Waals surface area contributed by atoms with Gasteiger partial charge in [0.2, 0.25) is 17.7 Å². The third-order valence-corrected chi connectivity index (χ3v) is 21.5. The number of nitrogens with one attached hydrogen (secondary N) is 7. The largest absolute Gasteiger partial charge is 0.493 e. The second-order valence-corrected chi connectivity index (χ2v) is 32.6. The first-order valence-corrected chi connectivity index (χ1v) is 46.5. The van der Waals surface area contributed by atoms with Crippen molar-refractivity contribution >= 4 is 125 Å². The molecule has 0 fully saturated rings. The van der Waals surface area contributed by atoms with Crippen molar-refractivity contribution in [1.29, 1.82) is 5.26 Å². The number of rotatable bonds is 36. The molecule has 780 valence electrons. The van der Waals surface area contributed by atoms with Crippen LogP contribution in [0.2, 0.25) is 0 Å². The number of nitrogens with zero attached hydrogens (tertiary/aromatic N) is 1. The summed E-state index contributed by atoms with van der Waals surface area (Å²) in [5.41, 5.74) is 15.8. The summed E-state index contributed by atoms with van der Waals surface area (Å²) >= 11 is 0. The number of carbonyl (C=O) groups excluding carboxylic acids is 9. The van der Waals surface area contributed by atoms with Gasteiger partial charge < -0.3 is 79.3 Å². The third kappa shape index (κ3) is 38.9. The molecule has 0 aromatic heterocycles. The standard InChI is InChI=1S/C26H26N2O6S.C26H26N2O4.C21H23NO4.C20H20N2O3.C20H21NO4.5CH4/c1-4-34-25-17-20(12-15-24(25)33-3)23(16-18(2)29)19-10-13-21(14-11-19)27-26(30)28-35(31,32)22-8-6-5-7-9-22;1-4-32-25-17-20(12-15-24(25)31-3)23(16-18(2)29)19-10-13-22(14-11-19)28-26(30)27-21-8-6-5-7-9-21;1-5-26-21-13-17(8-11-20(21)25-4)19(12-14(2)23)16-6-9-18(10-7-16)22-15(3)24;1-4-25-20-13-16(7-10-19(20)24-3)18(11-12-21)15-5-8-17(9-6-15)22-14(2)23;1-13(22)11-18(15-5-8-17(9-6-15)21-14(2)23)16-7-10-19(24-3)20(12-16)25-4;;;;;/h5-17H,4H2,1-3H3,(H2,27,28,30);5-17H,4H2,1-3H3,(H2,27,28,30);6-13H,5H2,1-4H3,(H,22,24);5-11,13H,4H2,1-3H3,(H,22,23);5-12H,1-4H3,(H,21,23);5*1H4/b;23-16-;19-12-;2*18-11-;;;;;. The van der Waals surface area contributed by atoms with E-state index < -0.39 is 16.1 Å². The monoisotopic (exact) mass is 2030 g/mol. The first-order chi connectivity index (χ1) is 68.7. The molecule has 0 bridgehead atoms. The van der Waals surface area contributed by atoms with Gasteiger partial charge in [-0.2, -0.15) is 5.26 Å². The van der Waals surface area contributed by atoms with Crippen molar-refractivity contribution in [1.82, 2.24) is 4.72 Å². The number of hydrogen-bond donors (Lipinski definition) is 7. The van der Waals surface area contributed by atoms with E-state index in [2.05, 4.69) is 38.0 Å². The van der Waals surface area contributed by atoms with Crippen LogP contribution >= 0.6 is 0 Å². The van der Waals surface area contributed by atoms with Crippen LogP contribution in [0.5, 0.6) is 57.5 Å². The number of urea groups is 2. The smallest absolute Gasteiger partial charge is 0.333 e. The van der Waals surface area contributed by atoms with Crippen molar-refractivity contribution in [3.05, 3.63) is 359 Å². The Bertz CT molecular complexity index is 6760. The zero-order valence-corrected chi connectivity index (χ0v) is 83.4. The Balaban J connectivity index is 0.000000474. The molecule has 0 saturated carbocycles. The van der Waals surface area contributed by atoms with Gasteiger partial charge in [-0.3, -0.25) is 33.6 Å². The molecule has 29 nitrogen and oxygen atoms in total. The second kappa shape index (κ2) is 63.4. The minimum atomic E-state index is -4.00. The van der Waals surface area contributed by atoms with Crippen LogP contribution < -0.4 is 84.0 Å². The Labute approximate surface area is 870 Å². The summed E-state index contributed by atoms with van der Waals surface area (Å²) in [4.78, 5) is 105.